The minimum atomic E-state index is -1.15. The lowest BCUT2D eigenvalue weighted by Gasteiger charge is -2.47. The van der Waals surface area contributed by atoms with Gasteiger partial charge in [-0.25, -0.2) is 9.59 Å². The molecule has 2 unspecified atom stereocenters. The normalized spacial score (nSPS) is 30.4. The van der Waals surface area contributed by atoms with Crippen molar-refractivity contribution < 1.29 is 24.9 Å². The van der Waals surface area contributed by atoms with Crippen LogP contribution in [0.3, 0.4) is 0 Å². The number of nitrogens with one attached hydrogen (secondary N) is 1. The van der Waals surface area contributed by atoms with Gasteiger partial charge in [-0.3, -0.25) is 0 Å². The Morgan fingerprint density at radius 3 is 2.76 bits per heavy atom. The van der Waals surface area contributed by atoms with Crippen LogP contribution in [-0.2, 0) is 4.79 Å². The summed E-state index contributed by atoms with van der Waals surface area (Å²) in [6.45, 7) is 0.609. The molecule has 0 radical (unpaired) electrons. The van der Waals surface area contributed by atoms with Gasteiger partial charge in [0.1, 0.15) is 6.04 Å². The molecule has 2 amide bonds. The molecule has 4 N–H and O–H groups in total. The highest BCUT2D eigenvalue weighted by atomic mass is 16.4. The van der Waals surface area contributed by atoms with Crippen molar-refractivity contribution in [2.45, 2.75) is 50.2 Å². The Morgan fingerprint density at radius 2 is 2.10 bits per heavy atom. The number of likely N-dealkylation sites (tertiary alicyclic amines) is 1. The van der Waals surface area contributed by atoms with Gasteiger partial charge in [-0.1, -0.05) is 12.8 Å². The molecule has 120 valence electrons. The molecule has 0 aromatic rings. The topological polar surface area (TPSA) is 110 Å². The maximum Gasteiger partial charge on any atom is 0.326 e. The monoisotopic (exact) mass is 300 g/mol. The number of hydrogen-bond donors (Lipinski definition) is 4. The van der Waals surface area contributed by atoms with E-state index in [1.807, 2.05) is 0 Å². The van der Waals surface area contributed by atoms with Crippen LogP contribution in [0, 0.1) is 5.92 Å². The van der Waals surface area contributed by atoms with Crippen molar-refractivity contribution in [1.82, 2.24) is 10.2 Å². The van der Waals surface area contributed by atoms with Crippen molar-refractivity contribution in [1.29, 1.82) is 0 Å². The number of hydrogen-bond acceptors (Lipinski definition) is 4. The van der Waals surface area contributed by atoms with Gasteiger partial charge in [-0.15, -0.1) is 0 Å². The summed E-state index contributed by atoms with van der Waals surface area (Å²) in [6.07, 6.45) is 4.31. The molecule has 0 spiro atoms. The molecule has 0 aromatic heterocycles. The Bertz CT molecular complexity index is 403. The summed E-state index contributed by atoms with van der Waals surface area (Å²) in [4.78, 5) is 24.7. The van der Waals surface area contributed by atoms with Gasteiger partial charge in [0, 0.05) is 32.0 Å². The summed E-state index contributed by atoms with van der Waals surface area (Å²) < 4.78 is 0. The maximum absolute atomic E-state index is 12.2. The molecule has 2 aliphatic rings. The van der Waals surface area contributed by atoms with E-state index in [2.05, 4.69) is 5.32 Å². The Morgan fingerprint density at radius 1 is 1.33 bits per heavy atom. The van der Waals surface area contributed by atoms with E-state index in [9.17, 15) is 14.7 Å². The summed E-state index contributed by atoms with van der Waals surface area (Å²) in [5.74, 6) is -1.07. The molecule has 1 heterocycles. The number of rotatable bonds is 4. The number of aliphatic hydroxyl groups is 2. The van der Waals surface area contributed by atoms with E-state index in [0.717, 1.165) is 25.7 Å². The van der Waals surface area contributed by atoms with Crippen LogP contribution in [0.4, 0.5) is 4.79 Å². The van der Waals surface area contributed by atoms with Crippen LogP contribution in [-0.4, -0.2) is 63.6 Å². The lowest BCUT2D eigenvalue weighted by atomic mass is 9.71. The first kappa shape index (κ1) is 16.0. The zero-order chi connectivity index (χ0) is 15.5. The highest BCUT2D eigenvalue weighted by Gasteiger charge is 2.44. The maximum atomic E-state index is 12.2. The zero-order valence-corrected chi connectivity index (χ0v) is 12.1. The highest BCUT2D eigenvalue weighted by Crippen LogP contribution is 2.39. The summed E-state index contributed by atoms with van der Waals surface area (Å²) in [6, 6.07) is -1.50. The van der Waals surface area contributed by atoms with E-state index in [-0.39, 0.29) is 18.9 Å². The number of aliphatic carboxylic acids is 1. The van der Waals surface area contributed by atoms with Crippen molar-refractivity contribution in [2.24, 2.45) is 5.92 Å². The average molecular weight is 300 g/mol. The van der Waals surface area contributed by atoms with E-state index in [0.29, 0.717) is 19.5 Å². The molecule has 1 saturated carbocycles. The fraction of sp³-hybridized carbons (Fsp3) is 0.857. The summed E-state index contributed by atoms with van der Waals surface area (Å²) in [5, 5.41) is 30.8. The number of aliphatic hydroxyl groups excluding tert-OH is 1. The number of carboxylic acid groups (broad SMARTS) is 1. The second kappa shape index (κ2) is 6.62. The molecule has 3 atom stereocenters. The number of urea groups is 1. The third-order valence-corrected chi connectivity index (χ3v) is 4.73. The van der Waals surface area contributed by atoms with Gasteiger partial charge in [-0.05, 0) is 19.3 Å². The summed E-state index contributed by atoms with van der Waals surface area (Å²) in [5.41, 5.74) is -0.660. The predicted octanol–water partition coefficient (Wildman–Crippen LogP) is 0.159. The first-order chi connectivity index (χ1) is 9.96. The van der Waals surface area contributed by atoms with Gasteiger partial charge in [-0.2, -0.15) is 0 Å². The lowest BCUT2D eigenvalue weighted by molar-refractivity contribution is -0.139. The summed E-state index contributed by atoms with van der Waals surface area (Å²) >= 11 is 0. The van der Waals surface area contributed by atoms with E-state index < -0.39 is 23.6 Å². The van der Waals surface area contributed by atoms with Crippen LogP contribution in [0.5, 0.6) is 0 Å². The molecule has 21 heavy (non-hydrogen) atoms. The molecule has 1 aliphatic heterocycles. The van der Waals surface area contributed by atoms with Gasteiger partial charge < -0.3 is 25.5 Å². The van der Waals surface area contributed by atoms with Crippen molar-refractivity contribution >= 4 is 12.0 Å². The number of carboxylic acids is 1. The number of amides is 2. The van der Waals surface area contributed by atoms with Crippen LogP contribution in [0.15, 0.2) is 0 Å². The van der Waals surface area contributed by atoms with Gasteiger partial charge >= 0.3 is 12.0 Å². The van der Waals surface area contributed by atoms with Crippen molar-refractivity contribution in [3.05, 3.63) is 0 Å². The molecular weight excluding hydrogens is 276 g/mol. The van der Waals surface area contributed by atoms with Crippen molar-refractivity contribution in [3.63, 3.8) is 0 Å². The van der Waals surface area contributed by atoms with E-state index in [1.54, 1.807) is 4.90 Å². The van der Waals surface area contributed by atoms with Gasteiger partial charge in [0.05, 0.1) is 5.60 Å². The first-order valence-corrected chi connectivity index (χ1v) is 7.58. The minimum Gasteiger partial charge on any atom is -0.480 e. The molecule has 0 aromatic carbocycles. The number of carbonyl (C=O) groups is 2. The second-order valence-corrected chi connectivity index (χ2v) is 6.09. The lowest BCUT2D eigenvalue weighted by Crippen LogP contribution is -2.58. The Hall–Kier alpha value is -1.34. The quantitative estimate of drug-likeness (QED) is 0.591. The van der Waals surface area contributed by atoms with Crippen LogP contribution >= 0.6 is 0 Å². The van der Waals surface area contributed by atoms with Crippen LogP contribution in [0.2, 0.25) is 0 Å². The largest absolute Gasteiger partial charge is 0.480 e. The standard InChI is InChI=1S/C14H24N2O5/c17-8-4-11(12(18)19)15-13(20)16-7-6-14(21)5-2-1-3-10(14)9-16/h10-11,17,21H,1-9H2,(H,15,20)(H,18,19)/t10?,11-,14?/m1/s1. The molecular formula is C14H24N2O5. The predicted molar refractivity (Wildman–Crippen MR) is 74.8 cm³/mol. The van der Waals surface area contributed by atoms with Crippen LogP contribution < -0.4 is 5.32 Å². The van der Waals surface area contributed by atoms with E-state index >= 15 is 0 Å². The molecule has 2 rings (SSSR count). The van der Waals surface area contributed by atoms with Crippen LogP contribution in [0.1, 0.15) is 38.5 Å². The van der Waals surface area contributed by atoms with Gasteiger partial charge in [0.15, 0.2) is 0 Å². The zero-order valence-electron chi connectivity index (χ0n) is 12.1. The third kappa shape index (κ3) is 3.65. The van der Waals surface area contributed by atoms with Gasteiger partial charge in [0.2, 0.25) is 0 Å². The fourth-order valence-corrected chi connectivity index (χ4v) is 3.38. The SMILES string of the molecule is O=C(O)[C@@H](CCO)NC(=O)N1CCC2(O)CCCCC2C1. The van der Waals surface area contributed by atoms with Crippen molar-refractivity contribution in [2.75, 3.05) is 19.7 Å². The Balaban J connectivity index is 1.93. The van der Waals surface area contributed by atoms with Crippen molar-refractivity contribution in [3.8, 4) is 0 Å². The van der Waals surface area contributed by atoms with E-state index in [1.165, 1.54) is 0 Å². The number of fused-ring (bicyclic) bond motifs is 1. The minimum absolute atomic E-state index is 0.0116. The molecule has 0 bridgehead atoms. The van der Waals surface area contributed by atoms with Gasteiger partial charge in [0.25, 0.3) is 0 Å². The van der Waals surface area contributed by atoms with E-state index in [4.69, 9.17) is 10.2 Å². The molecule has 1 aliphatic carbocycles. The van der Waals surface area contributed by atoms with Crippen LogP contribution in [0.25, 0.3) is 0 Å². The highest BCUT2D eigenvalue weighted by molar-refractivity contribution is 5.82. The average Bonchev–Trinajstić information content (AvgIpc) is 2.45. The summed E-state index contributed by atoms with van der Waals surface area (Å²) in [7, 11) is 0. The Labute approximate surface area is 123 Å². The number of carbonyl (C=O) groups excluding carboxylic acids is 1. The molecule has 1 saturated heterocycles. The number of nitrogens with zero attached hydrogens (tertiary/aromatic N) is 1. The number of piperidine rings is 1. The Kier molecular flexibility index (Phi) is 5.05. The third-order valence-electron chi connectivity index (χ3n) is 4.73. The fourth-order valence-electron chi connectivity index (χ4n) is 3.38. The molecule has 7 heteroatoms. The smallest absolute Gasteiger partial charge is 0.326 e. The first-order valence-electron chi connectivity index (χ1n) is 7.58. The second-order valence-electron chi connectivity index (χ2n) is 6.09. The molecule has 7 nitrogen and oxygen atoms in total. The molecule has 2 fully saturated rings.